The maximum Gasteiger partial charge on any atom is 0.220 e. The molecule has 2 aliphatic rings. The molecule has 0 unspecified atom stereocenters. The van der Waals surface area contributed by atoms with Crippen molar-refractivity contribution in [2.75, 3.05) is 12.3 Å². The number of rotatable bonds is 4. The lowest BCUT2D eigenvalue weighted by atomic mass is 10.1. The van der Waals surface area contributed by atoms with E-state index in [1.165, 1.54) is 18.6 Å². The summed E-state index contributed by atoms with van der Waals surface area (Å²) in [6, 6.07) is 0. The fourth-order valence-corrected chi connectivity index (χ4v) is 3.41. The van der Waals surface area contributed by atoms with Gasteiger partial charge in [0.1, 0.15) is 0 Å². The molecule has 0 spiro atoms. The van der Waals surface area contributed by atoms with Crippen LogP contribution in [0.15, 0.2) is 12.2 Å². The number of hydrogen-bond donors (Lipinski definition) is 1. The third kappa shape index (κ3) is 3.56. The van der Waals surface area contributed by atoms with E-state index in [1.807, 2.05) is 11.8 Å². The Hall–Kier alpha value is -0.440. The number of thioether (sulfide) groups is 1. The second kappa shape index (κ2) is 5.59. The number of carbonyl (C=O) groups is 1. The lowest BCUT2D eigenvalue weighted by Gasteiger charge is -2.11. The van der Waals surface area contributed by atoms with Crippen LogP contribution in [0.25, 0.3) is 0 Å². The maximum atomic E-state index is 11.6. The van der Waals surface area contributed by atoms with Gasteiger partial charge in [0, 0.05) is 18.2 Å². The number of carbonyl (C=O) groups excluding carboxylic acids is 1. The largest absolute Gasteiger partial charge is 0.355 e. The smallest absolute Gasteiger partial charge is 0.220 e. The Morgan fingerprint density at radius 1 is 1.47 bits per heavy atom. The molecule has 0 aromatic rings. The predicted octanol–water partition coefficient (Wildman–Crippen LogP) is 2.35. The van der Waals surface area contributed by atoms with Gasteiger partial charge in [-0.25, -0.2) is 0 Å². The lowest BCUT2D eigenvalue weighted by molar-refractivity contribution is -0.121. The van der Waals surface area contributed by atoms with Crippen molar-refractivity contribution in [1.82, 2.24) is 5.32 Å². The summed E-state index contributed by atoms with van der Waals surface area (Å²) in [5, 5.41) is 3.73. The molecule has 1 saturated heterocycles. The van der Waals surface area contributed by atoms with Gasteiger partial charge in [-0.3, -0.25) is 4.79 Å². The first-order valence-electron chi connectivity index (χ1n) is 5.89. The zero-order chi connectivity index (χ0) is 10.5. The van der Waals surface area contributed by atoms with Gasteiger partial charge in [-0.2, -0.15) is 11.8 Å². The van der Waals surface area contributed by atoms with Crippen molar-refractivity contribution in [2.45, 2.75) is 37.4 Å². The Balaban J connectivity index is 1.61. The molecule has 1 N–H and O–H groups in total. The highest BCUT2D eigenvalue weighted by Crippen LogP contribution is 2.25. The Morgan fingerprint density at radius 2 is 2.40 bits per heavy atom. The Bertz CT molecular complexity index is 246. The minimum Gasteiger partial charge on any atom is -0.355 e. The molecule has 2 rings (SSSR count). The monoisotopic (exact) mass is 225 g/mol. The van der Waals surface area contributed by atoms with Gasteiger partial charge < -0.3 is 5.32 Å². The van der Waals surface area contributed by atoms with E-state index >= 15 is 0 Å². The topological polar surface area (TPSA) is 29.1 Å². The van der Waals surface area contributed by atoms with Crippen molar-refractivity contribution in [3.63, 3.8) is 0 Å². The first kappa shape index (κ1) is 11.1. The fraction of sp³-hybridized carbons (Fsp3) is 0.750. The van der Waals surface area contributed by atoms with Crippen molar-refractivity contribution >= 4 is 17.7 Å². The van der Waals surface area contributed by atoms with E-state index < -0.39 is 0 Å². The van der Waals surface area contributed by atoms with Crippen LogP contribution in [-0.2, 0) is 4.79 Å². The molecule has 2 nitrogen and oxygen atoms in total. The highest BCUT2D eigenvalue weighted by molar-refractivity contribution is 8.00. The van der Waals surface area contributed by atoms with Crippen LogP contribution in [0.2, 0.25) is 0 Å². The summed E-state index contributed by atoms with van der Waals surface area (Å²) < 4.78 is 0. The predicted molar refractivity (Wildman–Crippen MR) is 65.0 cm³/mol. The zero-order valence-corrected chi connectivity index (χ0v) is 9.89. The fourth-order valence-electron chi connectivity index (χ4n) is 2.21. The quantitative estimate of drug-likeness (QED) is 0.744. The van der Waals surface area contributed by atoms with Crippen molar-refractivity contribution in [3.05, 3.63) is 12.2 Å². The van der Waals surface area contributed by atoms with Crippen LogP contribution >= 0.6 is 11.8 Å². The zero-order valence-electron chi connectivity index (χ0n) is 9.08. The Kier molecular flexibility index (Phi) is 4.12. The van der Waals surface area contributed by atoms with Gasteiger partial charge in [0.15, 0.2) is 0 Å². The molecule has 3 heteroatoms. The molecule has 2 atom stereocenters. The van der Waals surface area contributed by atoms with Gasteiger partial charge in [-0.05, 0) is 37.4 Å². The summed E-state index contributed by atoms with van der Waals surface area (Å²) in [5.41, 5.74) is 0. The van der Waals surface area contributed by atoms with Crippen molar-refractivity contribution in [3.8, 4) is 0 Å². The van der Waals surface area contributed by atoms with E-state index in [0.29, 0.717) is 17.6 Å². The molecular weight excluding hydrogens is 206 g/mol. The number of amides is 1. The number of hydrogen-bond acceptors (Lipinski definition) is 2. The molecule has 1 aliphatic heterocycles. The third-order valence-electron chi connectivity index (χ3n) is 3.11. The van der Waals surface area contributed by atoms with Crippen molar-refractivity contribution in [1.29, 1.82) is 0 Å². The second-order valence-corrected chi connectivity index (χ2v) is 5.82. The van der Waals surface area contributed by atoms with Gasteiger partial charge in [-0.15, -0.1) is 0 Å². The van der Waals surface area contributed by atoms with Crippen LogP contribution in [0.4, 0.5) is 0 Å². The summed E-state index contributed by atoms with van der Waals surface area (Å²) >= 11 is 2.00. The van der Waals surface area contributed by atoms with Crippen LogP contribution in [-0.4, -0.2) is 23.5 Å². The first-order chi connectivity index (χ1) is 7.34. The van der Waals surface area contributed by atoms with Gasteiger partial charge in [0.25, 0.3) is 0 Å². The average molecular weight is 225 g/mol. The molecule has 1 heterocycles. The summed E-state index contributed by atoms with van der Waals surface area (Å²) in [4.78, 5) is 11.6. The number of allylic oxidation sites excluding steroid dienone is 2. The second-order valence-electron chi connectivity index (χ2n) is 4.41. The highest BCUT2D eigenvalue weighted by Gasteiger charge is 2.18. The van der Waals surface area contributed by atoms with Gasteiger partial charge in [0.05, 0.1) is 0 Å². The van der Waals surface area contributed by atoms with Crippen molar-refractivity contribution < 1.29 is 4.79 Å². The lowest BCUT2D eigenvalue weighted by Crippen LogP contribution is -2.30. The van der Waals surface area contributed by atoms with Crippen LogP contribution in [0.1, 0.15) is 32.1 Å². The molecule has 1 fully saturated rings. The maximum absolute atomic E-state index is 11.6. The molecular formula is C12H19NOS. The normalized spacial score (nSPS) is 29.6. The highest BCUT2D eigenvalue weighted by atomic mass is 32.2. The van der Waals surface area contributed by atoms with E-state index in [9.17, 15) is 4.79 Å². The molecule has 15 heavy (non-hydrogen) atoms. The molecule has 0 bridgehead atoms. The van der Waals surface area contributed by atoms with E-state index in [4.69, 9.17) is 0 Å². The van der Waals surface area contributed by atoms with Gasteiger partial charge in [-0.1, -0.05) is 12.2 Å². The summed E-state index contributed by atoms with van der Waals surface area (Å²) in [6.07, 6.45) is 9.95. The standard InChI is InChI=1S/C12H19NOS/c14-12(8-10-4-1-2-5-10)13-9-11-6-3-7-15-11/h1,4,10-11H,2-3,5-9H2,(H,13,14)/t10-,11+/m1/s1. The number of nitrogens with one attached hydrogen (secondary N) is 1. The van der Waals surface area contributed by atoms with E-state index in [2.05, 4.69) is 17.5 Å². The molecule has 1 amide bonds. The summed E-state index contributed by atoms with van der Waals surface area (Å²) in [7, 11) is 0. The van der Waals surface area contributed by atoms with Crippen LogP contribution in [0.3, 0.4) is 0 Å². The summed E-state index contributed by atoms with van der Waals surface area (Å²) in [6.45, 7) is 0.875. The Morgan fingerprint density at radius 3 is 3.07 bits per heavy atom. The van der Waals surface area contributed by atoms with Crippen molar-refractivity contribution in [2.24, 2.45) is 5.92 Å². The van der Waals surface area contributed by atoms with Crippen LogP contribution in [0.5, 0.6) is 0 Å². The SMILES string of the molecule is O=C(C[C@@H]1C=CCC1)NC[C@@H]1CCCS1. The molecule has 0 aromatic heterocycles. The van der Waals surface area contributed by atoms with Gasteiger partial charge in [0.2, 0.25) is 5.91 Å². The third-order valence-corrected chi connectivity index (χ3v) is 4.51. The average Bonchev–Trinajstić information content (AvgIpc) is 2.86. The van der Waals surface area contributed by atoms with E-state index in [-0.39, 0.29) is 5.91 Å². The molecule has 0 radical (unpaired) electrons. The Labute approximate surface area is 95.9 Å². The molecule has 84 valence electrons. The molecule has 1 aliphatic carbocycles. The van der Waals surface area contributed by atoms with Crippen LogP contribution < -0.4 is 5.32 Å². The summed E-state index contributed by atoms with van der Waals surface area (Å²) in [5.74, 6) is 2.01. The molecule has 0 aromatic carbocycles. The minimum atomic E-state index is 0.235. The first-order valence-corrected chi connectivity index (χ1v) is 6.94. The van der Waals surface area contributed by atoms with E-state index in [1.54, 1.807) is 0 Å². The molecule has 0 saturated carbocycles. The van der Waals surface area contributed by atoms with Crippen LogP contribution in [0, 0.1) is 5.92 Å². The minimum absolute atomic E-state index is 0.235. The van der Waals surface area contributed by atoms with Gasteiger partial charge >= 0.3 is 0 Å². The van der Waals surface area contributed by atoms with E-state index in [0.717, 1.165) is 19.4 Å².